The molecule has 4 aromatic rings. The van der Waals surface area contributed by atoms with Crippen molar-refractivity contribution in [2.75, 3.05) is 5.32 Å². The van der Waals surface area contributed by atoms with Gasteiger partial charge in [-0.15, -0.1) is 0 Å². The number of rotatable bonds is 3. The van der Waals surface area contributed by atoms with Gasteiger partial charge in [-0.2, -0.15) is 0 Å². The van der Waals surface area contributed by atoms with E-state index in [1.807, 2.05) is 24.3 Å². The summed E-state index contributed by atoms with van der Waals surface area (Å²) in [4.78, 5) is 9.02. The minimum Gasteiger partial charge on any atom is -0.339 e. The highest BCUT2D eigenvalue weighted by Gasteiger charge is 2.03. The molecule has 0 saturated heterocycles. The fourth-order valence-corrected chi connectivity index (χ4v) is 2.80. The van der Waals surface area contributed by atoms with Gasteiger partial charge in [-0.1, -0.05) is 48.5 Å². The van der Waals surface area contributed by atoms with Crippen molar-refractivity contribution in [1.82, 2.24) is 9.97 Å². The number of hydrogen-bond acceptors (Lipinski definition) is 3. The fourth-order valence-electron chi connectivity index (χ4n) is 2.80. The van der Waals surface area contributed by atoms with Gasteiger partial charge in [0.05, 0.1) is 17.2 Å². The number of fused-ring (bicyclic) bond motifs is 1. The Bertz CT molecular complexity index is 991. The molecule has 0 spiro atoms. The lowest BCUT2D eigenvalue weighted by Gasteiger charge is -2.09. The molecule has 3 heteroatoms. The number of para-hydroxylation sites is 2. The molecule has 0 unspecified atom stereocenters. The molecular weight excluding hydrogens is 294 g/mol. The van der Waals surface area contributed by atoms with Crippen LogP contribution in [0.3, 0.4) is 0 Å². The minimum atomic E-state index is 0.748. The average molecular weight is 311 g/mol. The first-order valence-corrected chi connectivity index (χ1v) is 7.94. The van der Waals surface area contributed by atoms with Crippen molar-refractivity contribution in [3.63, 3.8) is 0 Å². The zero-order valence-electron chi connectivity index (χ0n) is 13.4. The summed E-state index contributed by atoms with van der Waals surface area (Å²) in [5.74, 6) is 0.748. The van der Waals surface area contributed by atoms with Crippen LogP contribution >= 0.6 is 0 Å². The molecule has 3 nitrogen and oxygen atoms in total. The maximum Gasteiger partial charge on any atom is 0.149 e. The topological polar surface area (TPSA) is 37.8 Å². The molecule has 3 aromatic carbocycles. The summed E-state index contributed by atoms with van der Waals surface area (Å²) in [6, 6.07) is 24.7. The molecule has 24 heavy (non-hydrogen) atoms. The van der Waals surface area contributed by atoms with Crippen LogP contribution in [0, 0.1) is 6.92 Å². The number of aromatic nitrogens is 2. The molecule has 0 saturated carbocycles. The predicted octanol–water partition coefficient (Wildman–Crippen LogP) is 5.35. The van der Waals surface area contributed by atoms with E-state index >= 15 is 0 Å². The van der Waals surface area contributed by atoms with Gasteiger partial charge in [0.25, 0.3) is 0 Å². The van der Waals surface area contributed by atoms with Crippen LogP contribution < -0.4 is 5.32 Å². The third-order valence-corrected chi connectivity index (χ3v) is 4.06. The van der Waals surface area contributed by atoms with Crippen LogP contribution in [0.15, 0.2) is 79.0 Å². The summed E-state index contributed by atoms with van der Waals surface area (Å²) < 4.78 is 0. The summed E-state index contributed by atoms with van der Waals surface area (Å²) in [7, 11) is 0. The number of hydrogen-bond donors (Lipinski definition) is 1. The van der Waals surface area contributed by atoms with E-state index < -0.39 is 0 Å². The summed E-state index contributed by atoms with van der Waals surface area (Å²) in [6.45, 7) is 2.13. The van der Waals surface area contributed by atoms with Crippen molar-refractivity contribution >= 4 is 22.5 Å². The van der Waals surface area contributed by atoms with Gasteiger partial charge in [0.1, 0.15) is 5.82 Å². The molecule has 1 aromatic heterocycles. The van der Waals surface area contributed by atoms with E-state index in [1.165, 1.54) is 16.7 Å². The lowest BCUT2D eigenvalue weighted by Crippen LogP contribution is -1.95. The number of nitrogens with one attached hydrogen (secondary N) is 1. The van der Waals surface area contributed by atoms with Gasteiger partial charge < -0.3 is 5.32 Å². The van der Waals surface area contributed by atoms with Gasteiger partial charge in [-0.25, -0.2) is 4.98 Å². The standard InChI is InChI=1S/C21H17N3/c1-15-6-2-3-7-18(15)16-10-12-17(13-11-16)23-21-14-22-19-8-4-5-9-20(19)24-21/h2-14H,1H3,(H,23,24). The molecule has 0 fully saturated rings. The van der Waals surface area contributed by atoms with E-state index in [9.17, 15) is 0 Å². The highest BCUT2D eigenvalue weighted by atomic mass is 15.0. The van der Waals surface area contributed by atoms with E-state index in [0.29, 0.717) is 0 Å². The maximum atomic E-state index is 4.59. The monoisotopic (exact) mass is 311 g/mol. The molecule has 0 aliphatic carbocycles. The van der Waals surface area contributed by atoms with Crippen LogP contribution in [0.1, 0.15) is 5.56 Å². The summed E-state index contributed by atoms with van der Waals surface area (Å²) in [5, 5.41) is 3.32. The molecule has 1 N–H and O–H groups in total. The van der Waals surface area contributed by atoms with Crippen LogP contribution in [-0.2, 0) is 0 Å². The Morgan fingerprint density at radius 2 is 1.46 bits per heavy atom. The van der Waals surface area contributed by atoms with Crippen molar-refractivity contribution in [2.45, 2.75) is 6.92 Å². The average Bonchev–Trinajstić information content (AvgIpc) is 2.63. The number of nitrogens with zero attached hydrogens (tertiary/aromatic N) is 2. The smallest absolute Gasteiger partial charge is 0.149 e. The Kier molecular flexibility index (Phi) is 3.67. The Labute approximate surface area is 141 Å². The number of benzene rings is 3. The van der Waals surface area contributed by atoms with E-state index in [4.69, 9.17) is 0 Å². The van der Waals surface area contributed by atoms with Crippen LogP contribution in [0.2, 0.25) is 0 Å². The van der Waals surface area contributed by atoms with Crippen molar-refractivity contribution in [3.8, 4) is 11.1 Å². The van der Waals surface area contributed by atoms with Gasteiger partial charge in [-0.3, -0.25) is 4.98 Å². The second-order valence-corrected chi connectivity index (χ2v) is 5.76. The largest absolute Gasteiger partial charge is 0.339 e. The third kappa shape index (κ3) is 2.84. The highest BCUT2D eigenvalue weighted by Crippen LogP contribution is 2.25. The zero-order chi connectivity index (χ0) is 16.4. The molecule has 116 valence electrons. The first-order chi connectivity index (χ1) is 11.8. The minimum absolute atomic E-state index is 0.748. The maximum absolute atomic E-state index is 4.59. The SMILES string of the molecule is Cc1ccccc1-c1ccc(Nc2cnc3ccccc3n2)cc1. The second kappa shape index (κ2) is 6.13. The first kappa shape index (κ1) is 14.4. The molecule has 0 aliphatic rings. The molecule has 0 radical (unpaired) electrons. The molecule has 0 atom stereocenters. The second-order valence-electron chi connectivity index (χ2n) is 5.76. The van der Waals surface area contributed by atoms with Crippen molar-refractivity contribution in [2.24, 2.45) is 0 Å². The van der Waals surface area contributed by atoms with E-state index in [0.717, 1.165) is 22.5 Å². The van der Waals surface area contributed by atoms with Crippen LogP contribution in [0.25, 0.3) is 22.2 Å². The number of aryl methyl sites for hydroxylation is 1. The lowest BCUT2D eigenvalue weighted by molar-refractivity contribution is 1.28. The molecule has 0 aliphatic heterocycles. The quantitative estimate of drug-likeness (QED) is 0.554. The van der Waals surface area contributed by atoms with Crippen LogP contribution in [0.4, 0.5) is 11.5 Å². The first-order valence-electron chi connectivity index (χ1n) is 7.94. The highest BCUT2D eigenvalue weighted by molar-refractivity contribution is 5.76. The van der Waals surface area contributed by atoms with Gasteiger partial charge in [-0.05, 0) is 47.9 Å². The number of anilines is 2. The van der Waals surface area contributed by atoms with E-state index in [1.54, 1.807) is 6.20 Å². The Balaban J connectivity index is 1.59. The third-order valence-electron chi connectivity index (χ3n) is 4.06. The van der Waals surface area contributed by atoms with Crippen molar-refractivity contribution in [1.29, 1.82) is 0 Å². The normalized spacial score (nSPS) is 10.7. The molecule has 0 amide bonds. The van der Waals surface area contributed by atoms with Gasteiger partial charge in [0, 0.05) is 5.69 Å². The Morgan fingerprint density at radius 1 is 0.750 bits per heavy atom. The van der Waals surface area contributed by atoms with Crippen LogP contribution in [-0.4, -0.2) is 9.97 Å². The molecule has 0 bridgehead atoms. The van der Waals surface area contributed by atoms with Gasteiger partial charge in [0.15, 0.2) is 0 Å². The summed E-state index contributed by atoms with van der Waals surface area (Å²) >= 11 is 0. The Hall–Kier alpha value is -3.20. The van der Waals surface area contributed by atoms with Gasteiger partial charge in [0.2, 0.25) is 0 Å². The van der Waals surface area contributed by atoms with E-state index in [2.05, 4.69) is 70.7 Å². The molecule has 1 heterocycles. The molecule has 4 rings (SSSR count). The summed E-state index contributed by atoms with van der Waals surface area (Å²) in [6.07, 6.45) is 1.76. The fraction of sp³-hybridized carbons (Fsp3) is 0.0476. The zero-order valence-corrected chi connectivity index (χ0v) is 13.4. The lowest BCUT2D eigenvalue weighted by atomic mass is 10.0. The predicted molar refractivity (Wildman–Crippen MR) is 99.4 cm³/mol. The van der Waals surface area contributed by atoms with Gasteiger partial charge >= 0.3 is 0 Å². The summed E-state index contributed by atoms with van der Waals surface area (Å²) in [5.41, 5.74) is 6.53. The molecular formula is C21H17N3. The van der Waals surface area contributed by atoms with E-state index in [-0.39, 0.29) is 0 Å². The van der Waals surface area contributed by atoms with Crippen molar-refractivity contribution < 1.29 is 0 Å². The Morgan fingerprint density at radius 3 is 2.25 bits per heavy atom. The van der Waals surface area contributed by atoms with Crippen LogP contribution in [0.5, 0.6) is 0 Å². The van der Waals surface area contributed by atoms with Crippen molar-refractivity contribution in [3.05, 3.63) is 84.6 Å².